The Morgan fingerprint density at radius 2 is 1.15 bits per heavy atom. The minimum absolute atomic E-state index is 0. The molecule has 2 aromatic rings. The molecule has 3 heteroatoms. The molecule has 1 aliphatic rings. The van der Waals surface area contributed by atoms with E-state index in [0.29, 0.717) is 0 Å². The minimum atomic E-state index is -0.536. The third-order valence-corrected chi connectivity index (χ3v) is 5.38. The van der Waals surface area contributed by atoms with Gasteiger partial charge in [0.25, 0.3) is 5.78 Å². The summed E-state index contributed by atoms with van der Waals surface area (Å²) in [4.78, 5) is 0. The van der Waals surface area contributed by atoms with Gasteiger partial charge in [-0.3, -0.25) is 0 Å². The largest absolute Gasteiger partial charge is 0.618 e. The molecule has 0 saturated carbocycles. The highest BCUT2D eigenvalue weighted by Crippen LogP contribution is 2.27. The number of allylic oxidation sites excluding steroid dienone is 1. The van der Waals surface area contributed by atoms with Gasteiger partial charge in [-0.15, -0.1) is 0 Å². The second-order valence-corrected chi connectivity index (χ2v) is 9.52. The van der Waals surface area contributed by atoms with Crippen LogP contribution in [0.4, 0.5) is 0 Å². The van der Waals surface area contributed by atoms with Crippen molar-refractivity contribution in [1.29, 1.82) is 0 Å². The summed E-state index contributed by atoms with van der Waals surface area (Å²) in [6.07, 6.45) is 2.01. The number of hydrogen-bond donors (Lipinski definition) is 0. The molecule has 0 atom stereocenters. The van der Waals surface area contributed by atoms with E-state index in [9.17, 15) is 0 Å². The van der Waals surface area contributed by atoms with Crippen LogP contribution < -0.4 is 0 Å². The van der Waals surface area contributed by atoms with Crippen LogP contribution in [-0.2, 0) is 15.3 Å². The molecule has 0 spiro atoms. The summed E-state index contributed by atoms with van der Waals surface area (Å²) in [6.45, 7) is 13.4. The van der Waals surface area contributed by atoms with Crippen molar-refractivity contribution in [2.75, 3.05) is 0 Å². The second kappa shape index (κ2) is 7.85. The number of carbonyl (C=O) groups excluding carboxylic acids is 1. The third kappa shape index (κ3) is 4.98. The Balaban J connectivity index is 0.00000261. The van der Waals surface area contributed by atoms with E-state index in [1.165, 1.54) is 11.1 Å². The van der Waals surface area contributed by atoms with Gasteiger partial charge in [0, 0.05) is 5.56 Å². The van der Waals surface area contributed by atoms with Crippen LogP contribution in [0.5, 0.6) is 0 Å². The van der Waals surface area contributed by atoms with Crippen molar-refractivity contribution in [2.24, 2.45) is 0 Å². The summed E-state index contributed by atoms with van der Waals surface area (Å²) in [7, 11) is -0.536. The van der Waals surface area contributed by atoms with E-state index in [0.717, 1.165) is 22.7 Å². The normalized spacial score (nSPS) is 14.3. The maximum atomic E-state index is 5.82. The van der Waals surface area contributed by atoms with E-state index in [1.54, 1.807) is 0 Å². The second-order valence-electron chi connectivity index (χ2n) is 8.86. The molecule has 0 aliphatic carbocycles. The molecule has 3 rings (SSSR count). The summed E-state index contributed by atoms with van der Waals surface area (Å²) in [6, 6.07) is 17.3. The van der Waals surface area contributed by atoms with Gasteiger partial charge in [-0.05, 0) is 34.1 Å². The third-order valence-electron chi connectivity index (χ3n) is 4.68. The number of benzene rings is 2. The van der Waals surface area contributed by atoms with Gasteiger partial charge < -0.3 is 8.54 Å². The summed E-state index contributed by atoms with van der Waals surface area (Å²) < 4.78 is 11.6. The molecule has 0 fully saturated rings. The standard InChI is InChI=1S/C23H28O2Si.CH4/c1-22(2,3)18-11-7-16(8-12-18)20-15-21(25-26-24-20)17-9-13-19(14-10-17)23(4,5)6;/h7-15,26H,1-6H3;1H4. The van der Waals surface area contributed by atoms with Crippen molar-refractivity contribution in [2.45, 2.75) is 59.8 Å². The SMILES string of the molecule is C.CC(C)(C)c1ccc(C2=CC(c3ccc(C(C)(C)C)cc3)=[O+][SiH-]O2)cc1. The van der Waals surface area contributed by atoms with Gasteiger partial charge in [-0.1, -0.05) is 85.4 Å². The van der Waals surface area contributed by atoms with Crippen LogP contribution in [0.3, 0.4) is 0 Å². The van der Waals surface area contributed by atoms with Crippen molar-refractivity contribution < 1.29 is 8.54 Å². The molecule has 0 bridgehead atoms. The summed E-state index contributed by atoms with van der Waals surface area (Å²) in [5.74, 6) is 1.78. The molecule has 2 nitrogen and oxygen atoms in total. The lowest BCUT2D eigenvalue weighted by Crippen LogP contribution is -2.14. The number of ketones is 1. The Hall–Kier alpha value is -2.13. The molecule has 0 N–H and O–H groups in total. The number of rotatable bonds is 2. The molecule has 144 valence electrons. The van der Waals surface area contributed by atoms with Crippen molar-refractivity contribution in [1.82, 2.24) is 0 Å². The Morgan fingerprint density at radius 3 is 1.59 bits per heavy atom. The van der Waals surface area contributed by atoms with Crippen LogP contribution in [0.15, 0.2) is 54.6 Å². The monoisotopic (exact) mass is 380 g/mol. The van der Waals surface area contributed by atoms with Crippen LogP contribution in [0, 0.1) is 0 Å². The van der Waals surface area contributed by atoms with E-state index in [1.807, 2.05) is 6.08 Å². The summed E-state index contributed by atoms with van der Waals surface area (Å²) in [5.41, 5.74) is 5.14. The molecule has 27 heavy (non-hydrogen) atoms. The molecule has 0 unspecified atom stereocenters. The first kappa shape index (κ1) is 21.2. The lowest BCUT2D eigenvalue weighted by atomic mass is 9.86. The van der Waals surface area contributed by atoms with Gasteiger partial charge in [-0.2, -0.15) is 0 Å². The van der Waals surface area contributed by atoms with Gasteiger partial charge in [0.15, 0.2) is 0 Å². The van der Waals surface area contributed by atoms with Crippen LogP contribution in [0.1, 0.15) is 75.3 Å². The highest BCUT2D eigenvalue weighted by atomic mass is 28.2. The van der Waals surface area contributed by atoms with Gasteiger partial charge in [-0.25, -0.2) is 0 Å². The highest BCUT2D eigenvalue weighted by molar-refractivity contribution is 6.25. The Labute approximate surface area is 167 Å². The van der Waals surface area contributed by atoms with Crippen molar-refractivity contribution in [3.8, 4) is 0 Å². The van der Waals surface area contributed by atoms with Crippen LogP contribution in [0.2, 0.25) is 0 Å². The van der Waals surface area contributed by atoms with Crippen LogP contribution in [-0.4, -0.2) is 15.8 Å². The smallest absolute Gasteiger partial charge is 0.440 e. The highest BCUT2D eigenvalue weighted by Gasteiger charge is 2.19. The van der Waals surface area contributed by atoms with Crippen LogP contribution >= 0.6 is 0 Å². The lowest BCUT2D eigenvalue weighted by molar-refractivity contribution is -0.101. The van der Waals surface area contributed by atoms with Gasteiger partial charge in [0.05, 0.1) is 17.4 Å². The average molecular weight is 381 g/mol. The lowest BCUT2D eigenvalue weighted by Gasteiger charge is -2.21. The molecule has 1 heterocycles. The molecular weight excluding hydrogens is 348 g/mol. The molecule has 1 aliphatic heterocycles. The fourth-order valence-electron chi connectivity index (χ4n) is 2.89. The van der Waals surface area contributed by atoms with Gasteiger partial charge in [0.1, 0.15) is 0 Å². The van der Waals surface area contributed by atoms with Crippen molar-refractivity contribution >= 4 is 21.5 Å². The van der Waals surface area contributed by atoms with Crippen molar-refractivity contribution in [3.05, 3.63) is 76.9 Å². The van der Waals surface area contributed by atoms with E-state index < -0.39 is 10.0 Å². The minimum Gasteiger partial charge on any atom is -0.618 e. The maximum Gasteiger partial charge on any atom is 0.440 e. The van der Waals surface area contributed by atoms with Crippen LogP contribution in [0.25, 0.3) is 5.76 Å². The van der Waals surface area contributed by atoms with Gasteiger partial charge >= 0.3 is 10.0 Å². The molecular formula is C24H32O2Si. The number of hydrogen-bond acceptors (Lipinski definition) is 1. The zero-order valence-electron chi connectivity index (χ0n) is 16.6. The van der Waals surface area contributed by atoms with E-state index in [-0.39, 0.29) is 18.3 Å². The fourth-order valence-corrected chi connectivity index (χ4v) is 3.55. The molecule has 0 amide bonds. The first-order valence-electron chi connectivity index (χ1n) is 9.10. The predicted octanol–water partition coefficient (Wildman–Crippen LogP) is 5.97. The summed E-state index contributed by atoms with van der Waals surface area (Å²) in [5, 5.41) is 0. The zero-order valence-corrected chi connectivity index (χ0v) is 17.7. The first-order valence-corrected chi connectivity index (χ1v) is 10.0. The topological polar surface area (TPSA) is 20.5 Å². The Kier molecular flexibility index (Phi) is 6.16. The zero-order chi connectivity index (χ0) is 18.9. The van der Waals surface area contributed by atoms with E-state index >= 15 is 0 Å². The van der Waals surface area contributed by atoms with E-state index in [4.69, 9.17) is 8.54 Å². The van der Waals surface area contributed by atoms with Crippen molar-refractivity contribution in [3.63, 3.8) is 0 Å². The molecule has 0 saturated heterocycles. The van der Waals surface area contributed by atoms with E-state index in [2.05, 4.69) is 90.1 Å². The first-order chi connectivity index (χ1) is 12.1. The quantitative estimate of drug-likeness (QED) is 0.464. The molecule has 0 radical (unpaired) electrons. The average Bonchev–Trinajstić information content (AvgIpc) is 2.61. The molecule has 0 aromatic heterocycles. The van der Waals surface area contributed by atoms with Gasteiger partial charge in [0.2, 0.25) is 0 Å². The maximum absolute atomic E-state index is 5.82. The Bertz CT molecular complexity index is 830. The Morgan fingerprint density at radius 1 is 0.704 bits per heavy atom. The molecule has 2 aromatic carbocycles. The fraction of sp³-hybridized carbons (Fsp3) is 0.375. The predicted molar refractivity (Wildman–Crippen MR) is 118 cm³/mol. The summed E-state index contributed by atoms with van der Waals surface area (Å²) >= 11 is 0.